The van der Waals surface area contributed by atoms with Crippen molar-refractivity contribution in [1.82, 2.24) is 9.78 Å². The van der Waals surface area contributed by atoms with Crippen molar-refractivity contribution in [2.75, 3.05) is 11.5 Å². The third kappa shape index (κ3) is 3.47. The van der Waals surface area contributed by atoms with E-state index in [-0.39, 0.29) is 0 Å². The molecule has 1 fully saturated rings. The van der Waals surface area contributed by atoms with E-state index in [1.807, 2.05) is 23.5 Å². The Kier molecular flexibility index (Phi) is 5.07. The zero-order chi connectivity index (χ0) is 13.0. The van der Waals surface area contributed by atoms with Gasteiger partial charge in [0.15, 0.2) is 0 Å². The summed E-state index contributed by atoms with van der Waals surface area (Å²) in [5.74, 6) is 2.21. The van der Waals surface area contributed by atoms with Gasteiger partial charge in [-0.2, -0.15) is 17.7 Å². The number of hydrogen-bond acceptors (Lipinski definition) is 3. The topological polar surface area (TPSA) is 17.8 Å². The summed E-state index contributed by atoms with van der Waals surface area (Å²) in [5, 5.41) is 5.71. The van der Waals surface area contributed by atoms with Crippen LogP contribution < -0.4 is 0 Å². The maximum absolute atomic E-state index is 4.64. The highest BCUT2D eigenvalue weighted by atomic mass is 32.2. The molecular formula is C14H24N2S2. The van der Waals surface area contributed by atoms with E-state index >= 15 is 0 Å². The molecule has 1 aliphatic carbocycles. The van der Waals surface area contributed by atoms with Crippen molar-refractivity contribution in [2.45, 2.75) is 50.5 Å². The van der Waals surface area contributed by atoms with Crippen LogP contribution in [0.4, 0.5) is 0 Å². The number of hydrogen-bond donors (Lipinski definition) is 1. The Balaban J connectivity index is 1.99. The third-order valence-electron chi connectivity index (χ3n) is 3.98. The summed E-state index contributed by atoms with van der Waals surface area (Å²) in [4.78, 5) is 0. The van der Waals surface area contributed by atoms with E-state index in [2.05, 4.69) is 30.7 Å². The Morgan fingerprint density at radius 3 is 2.50 bits per heavy atom. The Bertz CT molecular complexity index is 379. The SMILES string of the molecule is Cc1cc(SCC2(CS)CCCCCC2)n(C)n1. The molecular weight excluding hydrogens is 260 g/mol. The number of thiol groups is 1. The minimum atomic E-state index is 0.447. The number of nitrogens with zero attached hydrogens (tertiary/aromatic N) is 2. The molecule has 102 valence electrons. The zero-order valence-electron chi connectivity index (χ0n) is 11.5. The maximum atomic E-state index is 4.64. The van der Waals surface area contributed by atoms with Gasteiger partial charge in [0.1, 0.15) is 0 Å². The highest BCUT2D eigenvalue weighted by molar-refractivity contribution is 7.99. The molecule has 18 heavy (non-hydrogen) atoms. The fourth-order valence-electron chi connectivity index (χ4n) is 2.78. The van der Waals surface area contributed by atoms with E-state index in [9.17, 15) is 0 Å². The summed E-state index contributed by atoms with van der Waals surface area (Å²) in [5.41, 5.74) is 1.56. The van der Waals surface area contributed by atoms with Gasteiger partial charge >= 0.3 is 0 Å². The van der Waals surface area contributed by atoms with Crippen LogP contribution in [0.25, 0.3) is 0 Å². The molecule has 4 heteroatoms. The van der Waals surface area contributed by atoms with Crippen molar-refractivity contribution in [3.8, 4) is 0 Å². The normalized spacial score (nSPS) is 19.7. The van der Waals surface area contributed by atoms with Gasteiger partial charge in [-0.3, -0.25) is 4.68 Å². The standard InChI is InChI=1S/C14H24N2S2/c1-12-9-13(16(2)15-12)18-11-14(10-17)7-5-3-4-6-8-14/h9,17H,3-8,10-11H2,1-2H3. The van der Waals surface area contributed by atoms with Crippen LogP contribution in [0.1, 0.15) is 44.2 Å². The fourth-order valence-corrected chi connectivity index (χ4v) is 4.68. The third-order valence-corrected chi connectivity index (χ3v) is 6.09. The fraction of sp³-hybridized carbons (Fsp3) is 0.786. The molecule has 0 N–H and O–H groups in total. The van der Waals surface area contributed by atoms with Crippen LogP contribution in [0.15, 0.2) is 11.1 Å². The largest absolute Gasteiger partial charge is 0.262 e. The molecule has 0 aromatic carbocycles. The second-order valence-electron chi connectivity index (χ2n) is 5.61. The van der Waals surface area contributed by atoms with Gasteiger partial charge in [-0.1, -0.05) is 25.7 Å². The lowest BCUT2D eigenvalue weighted by Gasteiger charge is -2.30. The van der Waals surface area contributed by atoms with Crippen LogP contribution in [0.3, 0.4) is 0 Å². The average molecular weight is 284 g/mol. The Labute approximate surface area is 120 Å². The molecule has 1 aromatic rings. The van der Waals surface area contributed by atoms with Crippen molar-refractivity contribution in [3.05, 3.63) is 11.8 Å². The van der Waals surface area contributed by atoms with Crippen LogP contribution in [-0.4, -0.2) is 21.3 Å². The molecule has 0 radical (unpaired) electrons. The van der Waals surface area contributed by atoms with E-state index in [1.54, 1.807) is 0 Å². The number of thioether (sulfide) groups is 1. The summed E-state index contributed by atoms with van der Waals surface area (Å²) < 4.78 is 2.00. The van der Waals surface area contributed by atoms with Gasteiger partial charge in [-0.05, 0) is 37.0 Å². The van der Waals surface area contributed by atoms with Crippen molar-refractivity contribution >= 4 is 24.4 Å². The van der Waals surface area contributed by atoms with Crippen molar-refractivity contribution in [2.24, 2.45) is 12.5 Å². The first kappa shape index (κ1) is 14.3. The smallest absolute Gasteiger partial charge is 0.0939 e. The predicted molar refractivity (Wildman–Crippen MR) is 82.7 cm³/mol. The Hall–Kier alpha value is -0.0900. The van der Waals surface area contributed by atoms with Crippen LogP contribution in [0.5, 0.6) is 0 Å². The van der Waals surface area contributed by atoms with E-state index < -0.39 is 0 Å². The molecule has 0 bridgehead atoms. The molecule has 1 heterocycles. The summed E-state index contributed by atoms with van der Waals surface area (Å²) in [6.07, 6.45) is 8.27. The minimum Gasteiger partial charge on any atom is -0.262 e. The monoisotopic (exact) mass is 284 g/mol. The van der Waals surface area contributed by atoms with Gasteiger partial charge in [-0.15, -0.1) is 11.8 Å². The van der Waals surface area contributed by atoms with Crippen molar-refractivity contribution < 1.29 is 0 Å². The lowest BCUT2D eigenvalue weighted by molar-refractivity contribution is 0.332. The second kappa shape index (κ2) is 6.38. The van der Waals surface area contributed by atoms with Gasteiger partial charge in [-0.25, -0.2) is 0 Å². The van der Waals surface area contributed by atoms with Crippen molar-refractivity contribution in [3.63, 3.8) is 0 Å². The van der Waals surface area contributed by atoms with Crippen LogP contribution in [0.2, 0.25) is 0 Å². The van der Waals surface area contributed by atoms with E-state index in [1.165, 1.54) is 49.3 Å². The molecule has 0 unspecified atom stereocenters. The number of aryl methyl sites for hydroxylation is 2. The summed E-state index contributed by atoms with van der Waals surface area (Å²) in [7, 11) is 2.04. The molecule has 1 aliphatic rings. The quantitative estimate of drug-likeness (QED) is 0.510. The Morgan fingerprint density at radius 1 is 1.33 bits per heavy atom. The number of aromatic nitrogens is 2. The molecule has 1 aromatic heterocycles. The van der Waals surface area contributed by atoms with Crippen LogP contribution in [0, 0.1) is 12.3 Å². The first-order chi connectivity index (χ1) is 8.65. The summed E-state index contributed by atoms with van der Waals surface area (Å²) >= 11 is 6.60. The maximum Gasteiger partial charge on any atom is 0.0939 e. The summed E-state index contributed by atoms with van der Waals surface area (Å²) in [6, 6.07) is 2.19. The molecule has 0 amide bonds. The Morgan fingerprint density at radius 2 is 2.00 bits per heavy atom. The first-order valence-corrected chi connectivity index (χ1v) is 8.51. The van der Waals surface area contributed by atoms with Crippen molar-refractivity contribution in [1.29, 1.82) is 0 Å². The molecule has 2 rings (SSSR count). The highest BCUT2D eigenvalue weighted by Gasteiger charge is 2.29. The molecule has 0 spiro atoms. The van der Waals surface area contributed by atoms with Gasteiger partial charge in [0.05, 0.1) is 10.7 Å². The number of rotatable bonds is 4. The lowest BCUT2D eigenvalue weighted by atomic mass is 9.84. The minimum absolute atomic E-state index is 0.447. The van der Waals surface area contributed by atoms with E-state index in [4.69, 9.17) is 0 Å². The van der Waals surface area contributed by atoms with Gasteiger partial charge in [0.25, 0.3) is 0 Å². The molecule has 0 atom stereocenters. The van der Waals surface area contributed by atoms with Gasteiger partial charge in [0.2, 0.25) is 0 Å². The first-order valence-electron chi connectivity index (χ1n) is 6.90. The van der Waals surface area contributed by atoms with Gasteiger partial charge < -0.3 is 0 Å². The average Bonchev–Trinajstić information content (AvgIpc) is 2.57. The van der Waals surface area contributed by atoms with E-state index in [0.29, 0.717) is 5.41 Å². The van der Waals surface area contributed by atoms with E-state index in [0.717, 1.165) is 11.4 Å². The second-order valence-corrected chi connectivity index (χ2v) is 6.92. The summed E-state index contributed by atoms with van der Waals surface area (Å²) in [6.45, 7) is 2.06. The molecule has 1 saturated carbocycles. The highest BCUT2D eigenvalue weighted by Crippen LogP contribution is 2.40. The molecule has 2 nitrogen and oxygen atoms in total. The van der Waals surface area contributed by atoms with Crippen LogP contribution >= 0.6 is 24.4 Å². The lowest BCUT2D eigenvalue weighted by Crippen LogP contribution is -2.25. The molecule has 0 saturated heterocycles. The van der Waals surface area contributed by atoms with Gasteiger partial charge in [0, 0.05) is 12.8 Å². The van der Waals surface area contributed by atoms with Crippen LogP contribution in [-0.2, 0) is 7.05 Å². The zero-order valence-corrected chi connectivity index (χ0v) is 13.2. The molecule has 0 aliphatic heterocycles. The predicted octanol–water partition coefficient (Wildman–Crippen LogP) is 4.09.